The summed E-state index contributed by atoms with van der Waals surface area (Å²) in [7, 11) is 0.455. The van der Waals surface area contributed by atoms with Gasteiger partial charge in [0.1, 0.15) is 0 Å². The fourth-order valence-electron chi connectivity index (χ4n) is 1.23. The molecule has 1 rings (SSSR count). The first kappa shape index (κ1) is 9.99. The summed E-state index contributed by atoms with van der Waals surface area (Å²) in [5, 5.41) is 0. The zero-order chi connectivity index (χ0) is 9.90. The van der Waals surface area contributed by atoms with Crippen molar-refractivity contribution in [2.45, 2.75) is 19.3 Å². The first-order valence-corrected chi connectivity index (χ1v) is 5.04. The zero-order valence-corrected chi connectivity index (χ0v) is 10.2. The summed E-state index contributed by atoms with van der Waals surface area (Å²) >= 11 is 0. The van der Waals surface area contributed by atoms with Crippen LogP contribution in [0.25, 0.3) is 0 Å². The molecule has 0 aliphatic carbocycles. The van der Waals surface area contributed by atoms with Crippen molar-refractivity contribution in [1.82, 2.24) is 0 Å². The predicted octanol–water partition coefficient (Wildman–Crippen LogP) is 0.788. The third-order valence-corrected chi connectivity index (χ3v) is 2.56. The van der Waals surface area contributed by atoms with E-state index in [4.69, 9.17) is 4.43 Å². The average Bonchev–Trinajstić information content (AvgIpc) is 2.18. The summed E-state index contributed by atoms with van der Waals surface area (Å²) in [6.07, 6.45) is 0. The number of hydrogen-bond donors (Lipinski definition) is 0. The van der Waals surface area contributed by atoms with Gasteiger partial charge in [-0.25, -0.2) is 0 Å². The summed E-state index contributed by atoms with van der Waals surface area (Å²) in [6, 6.07) is 9.68. The monoisotopic (exact) mass is 194 g/mol. The Bertz CT molecular complexity index is 293. The molecule has 0 heterocycles. The molecule has 70 valence electrons. The Morgan fingerprint density at radius 1 is 1.31 bits per heavy atom. The molecule has 0 spiro atoms. The summed E-state index contributed by atoms with van der Waals surface area (Å²) in [6.45, 7) is 3.76. The van der Waals surface area contributed by atoms with Crippen LogP contribution in [-0.4, -0.2) is 16.5 Å². The first-order valence-electron chi connectivity index (χ1n) is 4.23. The molecule has 1 aromatic carbocycles. The van der Waals surface area contributed by atoms with Crippen LogP contribution in [0.1, 0.15) is 19.4 Å². The van der Waals surface area contributed by atoms with Crippen molar-refractivity contribution in [2.75, 3.05) is 0 Å². The van der Waals surface area contributed by atoms with Gasteiger partial charge in [0.25, 0.3) is 0 Å². The van der Waals surface area contributed by atoms with Gasteiger partial charge in [-0.2, -0.15) is 0 Å². The second-order valence-electron chi connectivity index (χ2n) is 3.48. The summed E-state index contributed by atoms with van der Waals surface area (Å²) in [5.41, 5.74) is 0.471. The van der Waals surface area contributed by atoms with E-state index in [2.05, 4.69) is 0 Å². The molecule has 0 atom stereocenters. The fourth-order valence-corrected chi connectivity index (χ4v) is 1.74. The van der Waals surface area contributed by atoms with E-state index in [0.717, 1.165) is 5.56 Å². The van der Waals surface area contributed by atoms with Gasteiger partial charge in [-0.1, -0.05) is 30.3 Å². The van der Waals surface area contributed by atoms with Crippen LogP contribution in [0.4, 0.5) is 0 Å². The van der Waals surface area contributed by atoms with Crippen molar-refractivity contribution >= 4 is 16.5 Å². The third-order valence-electron chi connectivity index (χ3n) is 2.19. The van der Waals surface area contributed by atoms with Crippen LogP contribution in [0.5, 0.6) is 0 Å². The van der Waals surface area contributed by atoms with E-state index in [-0.39, 0.29) is 5.97 Å². The largest absolute Gasteiger partial charge is 0.528 e. The van der Waals surface area contributed by atoms with Gasteiger partial charge in [0, 0.05) is 0 Å². The lowest BCUT2D eigenvalue weighted by molar-refractivity contribution is -0.139. The van der Waals surface area contributed by atoms with E-state index >= 15 is 0 Å². The third kappa shape index (κ3) is 1.98. The minimum atomic E-state index is -0.525. The molecule has 0 saturated heterocycles. The maximum atomic E-state index is 11.4. The van der Waals surface area contributed by atoms with E-state index < -0.39 is 5.41 Å². The van der Waals surface area contributed by atoms with E-state index in [1.165, 1.54) is 0 Å². The second kappa shape index (κ2) is 3.74. The van der Waals surface area contributed by atoms with Crippen molar-refractivity contribution in [3.05, 3.63) is 35.9 Å². The fraction of sp³-hybridized carbons (Fsp3) is 0.300. The normalized spacial score (nSPS) is 11.2. The highest BCUT2D eigenvalue weighted by molar-refractivity contribution is 6.07. The zero-order valence-electron chi connectivity index (χ0n) is 8.20. The van der Waals surface area contributed by atoms with E-state index in [9.17, 15) is 4.79 Å². The number of rotatable bonds is 2. The smallest absolute Gasteiger partial charge is 0.302 e. The van der Waals surface area contributed by atoms with E-state index in [1.807, 2.05) is 44.2 Å². The molecule has 3 heteroatoms. The molecule has 1 aromatic rings. The number of carbonyl (C=O) groups excluding carboxylic acids is 1. The summed E-state index contributed by atoms with van der Waals surface area (Å²) < 4.78 is 4.87. The molecule has 0 fully saturated rings. The Hall–Kier alpha value is -1.09. The van der Waals surface area contributed by atoms with Crippen molar-refractivity contribution in [3.63, 3.8) is 0 Å². The first-order chi connectivity index (χ1) is 6.09. The van der Waals surface area contributed by atoms with Crippen LogP contribution >= 0.6 is 0 Å². The van der Waals surface area contributed by atoms with Gasteiger partial charge < -0.3 is 4.43 Å². The van der Waals surface area contributed by atoms with Gasteiger partial charge >= 0.3 is 5.97 Å². The minimum Gasteiger partial charge on any atom is -0.528 e. The predicted molar refractivity (Wildman–Crippen MR) is 55.5 cm³/mol. The van der Waals surface area contributed by atoms with Crippen LogP contribution in [0.3, 0.4) is 0 Å². The summed E-state index contributed by atoms with van der Waals surface area (Å²) in [4.78, 5) is 11.4. The SMILES string of the molecule is CC(C)(C(=O)O[SiH3])c1ccccc1. The molecule has 2 nitrogen and oxygen atoms in total. The van der Waals surface area contributed by atoms with E-state index in [0.29, 0.717) is 10.5 Å². The van der Waals surface area contributed by atoms with Crippen LogP contribution in [0, 0.1) is 0 Å². The standard InChI is InChI=1S/C10H14O2Si/c1-10(2,9(11)12-13)8-6-4-3-5-7-8/h3-7H,1-2,13H3. The van der Waals surface area contributed by atoms with Crippen LogP contribution in [0.2, 0.25) is 0 Å². The Kier molecular flexibility index (Phi) is 2.88. The lowest BCUT2D eigenvalue weighted by Crippen LogP contribution is -2.30. The Labute approximate surface area is 81.5 Å². The van der Waals surface area contributed by atoms with Crippen molar-refractivity contribution < 1.29 is 9.22 Å². The maximum Gasteiger partial charge on any atom is 0.302 e. The van der Waals surface area contributed by atoms with Crippen LogP contribution in [0.15, 0.2) is 30.3 Å². The van der Waals surface area contributed by atoms with E-state index in [1.54, 1.807) is 0 Å². The molecule has 0 aliphatic heterocycles. The molecule has 0 bridgehead atoms. The average molecular weight is 194 g/mol. The summed E-state index contributed by atoms with van der Waals surface area (Å²) in [5.74, 6) is -0.148. The van der Waals surface area contributed by atoms with Gasteiger partial charge in [0.2, 0.25) is 10.5 Å². The lowest BCUT2D eigenvalue weighted by Gasteiger charge is -2.22. The highest BCUT2D eigenvalue weighted by atomic mass is 28.2. The Morgan fingerprint density at radius 2 is 1.85 bits per heavy atom. The molecule has 0 aromatic heterocycles. The molecule has 13 heavy (non-hydrogen) atoms. The van der Waals surface area contributed by atoms with Crippen molar-refractivity contribution in [2.24, 2.45) is 0 Å². The Morgan fingerprint density at radius 3 is 2.31 bits per heavy atom. The van der Waals surface area contributed by atoms with Crippen LogP contribution in [-0.2, 0) is 14.6 Å². The Balaban J connectivity index is 3.00. The van der Waals surface area contributed by atoms with Crippen molar-refractivity contribution in [3.8, 4) is 0 Å². The molecule has 0 saturated carbocycles. The number of benzene rings is 1. The molecule has 0 N–H and O–H groups in total. The van der Waals surface area contributed by atoms with Gasteiger partial charge in [-0.15, -0.1) is 0 Å². The molecule has 0 amide bonds. The highest BCUT2D eigenvalue weighted by Gasteiger charge is 2.29. The quantitative estimate of drug-likeness (QED) is 0.651. The topological polar surface area (TPSA) is 26.3 Å². The van der Waals surface area contributed by atoms with Gasteiger partial charge in [-0.3, -0.25) is 4.79 Å². The van der Waals surface area contributed by atoms with Gasteiger partial charge in [-0.05, 0) is 19.4 Å². The lowest BCUT2D eigenvalue weighted by atomic mass is 9.85. The number of carbonyl (C=O) groups is 1. The minimum absolute atomic E-state index is 0.148. The molecule has 0 unspecified atom stereocenters. The van der Waals surface area contributed by atoms with Crippen molar-refractivity contribution in [1.29, 1.82) is 0 Å². The highest BCUT2D eigenvalue weighted by Crippen LogP contribution is 2.23. The maximum absolute atomic E-state index is 11.4. The molecular weight excluding hydrogens is 180 g/mol. The van der Waals surface area contributed by atoms with Crippen LogP contribution < -0.4 is 0 Å². The van der Waals surface area contributed by atoms with Gasteiger partial charge in [0.15, 0.2) is 0 Å². The molecular formula is C10H14O2Si. The second-order valence-corrected chi connectivity index (χ2v) is 3.89. The van der Waals surface area contributed by atoms with Gasteiger partial charge in [0.05, 0.1) is 5.41 Å². The molecule has 0 radical (unpaired) electrons. The number of hydrogen-bond acceptors (Lipinski definition) is 2. The molecule has 0 aliphatic rings.